The number of ether oxygens (including phenoxy) is 1. The minimum absolute atomic E-state index is 0.135. The third-order valence-corrected chi connectivity index (χ3v) is 4.11. The molecule has 0 saturated heterocycles. The Hall–Kier alpha value is -2.53. The van der Waals surface area contributed by atoms with Crippen molar-refractivity contribution >= 4 is 29.6 Å². The summed E-state index contributed by atoms with van der Waals surface area (Å²) < 4.78 is 5.94. The van der Waals surface area contributed by atoms with Crippen LogP contribution in [0.25, 0.3) is 0 Å². The van der Waals surface area contributed by atoms with Crippen molar-refractivity contribution in [3.63, 3.8) is 0 Å². The Bertz CT molecular complexity index is 818. The van der Waals surface area contributed by atoms with E-state index in [-0.39, 0.29) is 5.60 Å². The molecule has 25 heavy (non-hydrogen) atoms. The first-order valence-corrected chi connectivity index (χ1v) is 8.38. The predicted octanol–water partition coefficient (Wildman–Crippen LogP) is 5.03. The van der Waals surface area contributed by atoms with Crippen LogP contribution in [0.1, 0.15) is 31.4 Å². The molecule has 1 N–H and O–H groups in total. The highest BCUT2D eigenvalue weighted by Crippen LogP contribution is 2.33. The minimum Gasteiger partial charge on any atom is -0.488 e. The topological polar surface area (TPSA) is 59.9 Å². The second kappa shape index (κ2) is 7.15. The second-order valence-electron chi connectivity index (χ2n) is 6.48. The normalized spacial score (nSPS) is 15.3. The van der Waals surface area contributed by atoms with Gasteiger partial charge in [0.15, 0.2) is 0 Å². The van der Waals surface area contributed by atoms with E-state index in [1.165, 1.54) is 6.21 Å². The molecule has 0 radical (unpaired) electrons. The maximum Gasteiger partial charge on any atom is 0.437 e. The van der Waals surface area contributed by atoms with Crippen LogP contribution in [0.2, 0.25) is 5.02 Å². The predicted molar refractivity (Wildman–Crippen MR) is 98.6 cm³/mol. The Labute approximate surface area is 151 Å². The number of hydrogen-bond donors (Lipinski definition) is 1. The number of fused-ring (bicyclic) bond motifs is 1. The maximum absolute atomic E-state index is 11.7. The lowest BCUT2D eigenvalue weighted by atomic mass is 9.93. The number of carbonyl (C=O) groups excluding carboxylic acids is 1. The Kier molecular flexibility index (Phi) is 4.95. The van der Waals surface area contributed by atoms with Gasteiger partial charge in [-0.15, -0.1) is 0 Å². The molecule has 1 aliphatic heterocycles. The average molecular weight is 359 g/mol. The van der Waals surface area contributed by atoms with E-state index in [2.05, 4.69) is 24.3 Å². The van der Waals surface area contributed by atoms with Gasteiger partial charge in [0, 0.05) is 10.7 Å². The number of oxime groups is 1. The summed E-state index contributed by atoms with van der Waals surface area (Å²) in [5.74, 6) is 0.896. The van der Waals surface area contributed by atoms with Gasteiger partial charge in [-0.2, -0.15) is 0 Å². The van der Waals surface area contributed by atoms with Crippen molar-refractivity contribution in [1.29, 1.82) is 0 Å². The van der Waals surface area contributed by atoms with Crippen molar-refractivity contribution in [2.75, 3.05) is 5.32 Å². The van der Waals surface area contributed by atoms with Gasteiger partial charge < -0.3 is 4.74 Å². The molecule has 2 aromatic carbocycles. The molecule has 6 heteroatoms. The van der Waals surface area contributed by atoms with Gasteiger partial charge >= 0.3 is 6.09 Å². The lowest BCUT2D eigenvalue weighted by Gasteiger charge is -2.32. The summed E-state index contributed by atoms with van der Waals surface area (Å²) in [5.41, 5.74) is 2.38. The monoisotopic (exact) mass is 358 g/mol. The molecule has 0 bridgehead atoms. The van der Waals surface area contributed by atoms with E-state index in [4.69, 9.17) is 21.2 Å². The molecule has 3 rings (SSSR count). The SMILES string of the molecule is CC1(C)CCc2cc(/C=N/OC(=O)Nc3cccc(Cl)c3)ccc2O1. The molecule has 0 spiro atoms. The number of nitrogens with one attached hydrogen (secondary N) is 1. The van der Waals surface area contributed by atoms with E-state index >= 15 is 0 Å². The van der Waals surface area contributed by atoms with E-state index in [1.54, 1.807) is 24.3 Å². The molecule has 1 amide bonds. The highest BCUT2D eigenvalue weighted by atomic mass is 35.5. The van der Waals surface area contributed by atoms with Gasteiger partial charge in [0.05, 0.1) is 6.21 Å². The zero-order chi connectivity index (χ0) is 17.9. The van der Waals surface area contributed by atoms with Crippen LogP contribution >= 0.6 is 11.6 Å². The van der Waals surface area contributed by atoms with Crippen molar-refractivity contribution in [2.45, 2.75) is 32.3 Å². The standard InChI is InChI=1S/C19H19ClN2O3/c1-19(2)9-8-14-10-13(6-7-17(14)24-19)12-21-25-18(23)22-16-5-3-4-15(20)11-16/h3-7,10-12H,8-9H2,1-2H3,(H,22,23)/b21-12+. The van der Waals surface area contributed by atoms with Crippen LogP contribution in [0.4, 0.5) is 10.5 Å². The van der Waals surface area contributed by atoms with Gasteiger partial charge in [-0.05, 0) is 74.2 Å². The Balaban J connectivity index is 1.58. The summed E-state index contributed by atoms with van der Waals surface area (Å²) in [4.78, 5) is 16.5. The summed E-state index contributed by atoms with van der Waals surface area (Å²) >= 11 is 5.86. The zero-order valence-corrected chi connectivity index (χ0v) is 14.8. The molecule has 1 heterocycles. The van der Waals surface area contributed by atoms with Crippen LogP contribution in [0.15, 0.2) is 47.6 Å². The summed E-state index contributed by atoms with van der Waals surface area (Å²) in [6.45, 7) is 4.16. The number of nitrogens with zero attached hydrogens (tertiary/aromatic N) is 1. The third kappa shape index (κ3) is 4.73. The summed E-state index contributed by atoms with van der Waals surface area (Å²) in [5, 5.41) is 6.80. The first-order valence-electron chi connectivity index (χ1n) is 8.00. The number of anilines is 1. The molecule has 2 aromatic rings. The van der Waals surface area contributed by atoms with Crippen LogP contribution in [0, 0.1) is 0 Å². The first-order chi connectivity index (χ1) is 11.9. The number of halogens is 1. The number of carbonyl (C=O) groups is 1. The maximum atomic E-state index is 11.7. The molecular weight excluding hydrogens is 340 g/mol. The van der Waals surface area contributed by atoms with Crippen molar-refractivity contribution < 1.29 is 14.4 Å². The van der Waals surface area contributed by atoms with Gasteiger partial charge in [-0.1, -0.05) is 22.8 Å². The fourth-order valence-corrected chi connectivity index (χ4v) is 2.79. The Morgan fingerprint density at radius 1 is 1.32 bits per heavy atom. The molecule has 5 nitrogen and oxygen atoms in total. The van der Waals surface area contributed by atoms with E-state index in [9.17, 15) is 4.79 Å². The molecule has 0 unspecified atom stereocenters. The van der Waals surface area contributed by atoms with Crippen LogP contribution in [0.3, 0.4) is 0 Å². The largest absolute Gasteiger partial charge is 0.488 e. The van der Waals surface area contributed by atoms with Crippen molar-refractivity contribution in [3.05, 3.63) is 58.6 Å². The van der Waals surface area contributed by atoms with Crippen molar-refractivity contribution in [2.24, 2.45) is 5.16 Å². The van der Waals surface area contributed by atoms with Crippen molar-refractivity contribution in [1.82, 2.24) is 0 Å². The molecule has 0 aliphatic carbocycles. The molecule has 0 saturated carbocycles. The number of rotatable bonds is 3. The lowest BCUT2D eigenvalue weighted by molar-refractivity contribution is 0.0847. The van der Waals surface area contributed by atoms with Gasteiger partial charge in [-0.25, -0.2) is 4.79 Å². The lowest BCUT2D eigenvalue weighted by Crippen LogP contribution is -2.32. The number of amides is 1. The van der Waals surface area contributed by atoms with Gasteiger partial charge in [0.1, 0.15) is 11.4 Å². The molecule has 0 fully saturated rings. The number of aryl methyl sites for hydroxylation is 1. The van der Waals surface area contributed by atoms with Crippen molar-refractivity contribution in [3.8, 4) is 5.75 Å². The summed E-state index contributed by atoms with van der Waals surface area (Å²) in [7, 11) is 0. The van der Waals surface area contributed by atoms with E-state index < -0.39 is 6.09 Å². The van der Waals surface area contributed by atoms with Gasteiger partial charge in [-0.3, -0.25) is 10.2 Å². The van der Waals surface area contributed by atoms with E-state index in [0.29, 0.717) is 10.7 Å². The van der Waals surface area contributed by atoms with Crippen LogP contribution < -0.4 is 10.1 Å². The minimum atomic E-state index is -0.679. The van der Waals surface area contributed by atoms with Gasteiger partial charge in [0.2, 0.25) is 0 Å². The highest BCUT2D eigenvalue weighted by Gasteiger charge is 2.26. The third-order valence-electron chi connectivity index (χ3n) is 3.88. The molecule has 0 atom stereocenters. The average Bonchev–Trinajstić information content (AvgIpc) is 2.54. The highest BCUT2D eigenvalue weighted by molar-refractivity contribution is 6.30. The zero-order valence-electron chi connectivity index (χ0n) is 14.1. The Morgan fingerprint density at radius 2 is 2.16 bits per heavy atom. The van der Waals surface area contributed by atoms with E-state index in [0.717, 1.165) is 29.7 Å². The first kappa shape index (κ1) is 17.3. The fourth-order valence-electron chi connectivity index (χ4n) is 2.60. The Morgan fingerprint density at radius 3 is 2.96 bits per heavy atom. The van der Waals surface area contributed by atoms with Gasteiger partial charge in [0.25, 0.3) is 0 Å². The fraction of sp³-hybridized carbons (Fsp3) is 0.263. The summed E-state index contributed by atoms with van der Waals surface area (Å²) in [6, 6.07) is 12.6. The molecule has 130 valence electrons. The molecule has 1 aliphatic rings. The number of benzene rings is 2. The number of hydrogen-bond acceptors (Lipinski definition) is 4. The summed E-state index contributed by atoms with van der Waals surface area (Å²) in [6.07, 6.45) is 2.72. The van der Waals surface area contributed by atoms with E-state index in [1.807, 2.05) is 18.2 Å². The molecular formula is C19H19ClN2O3. The molecule has 0 aromatic heterocycles. The second-order valence-corrected chi connectivity index (χ2v) is 6.91. The quantitative estimate of drug-likeness (QED) is 0.475. The van der Waals surface area contributed by atoms with Crippen LogP contribution in [-0.4, -0.2) is 17.9 Å². The smallest absolute Gasteiger partial charge is 0.437 e. The van der Waals surface area contributed by atoms with Crippen LogP contribution in [-0.2, 0) is 11.3 Å². The van der Waals surface area contributed by atoms with Crippen LogP contribution in [0.5, 0.6) is 5.75 Å².